The molecule has 1 saturated carbocycles. The quantitative estimate of drug-likeness (QED) is 0.523. The van der Waals surface area contributed by atoms with Crippen LogP contribution in [-0.4, -0.2) is 58.5 Å². The van der Waals surface area contributed by atoms with Gasteiger partial charge in [0.2, 0.25) is 5.91 Å². The van der Waals surface area contributed by atoms with Crippen LogP contribution < -0.4 is 4.90 Å². The van der Waals surface area contributed by atoms with Gasteiger partial charge in [0.25, 0.3) is 0 Å². The molecule has 0 bridgehead atoms. The minimum Gasteiger partial charge on any atom is -0.354 e. The van der Waals surface area contributed by atoms with Crippen LogP contribution in [0.2, 0.25) is 0 Å². The van der Waals surface area contributed by atoms with E-state index in [9.17, 15) is 4.79 Å². The number of hydrogen-bond acceptors (Lipinski definition) is 5. The summed E-state index contributed by atoms with van der Waals surface area (Å²) in [5.41, 5.74) is 9.35. The number of azide groups is 1. The third-order valence-corrected chi connectivity index (χ3v) is 5.25. The first-order chi connectivity index (χ1) is 11.6. The number of H-pyrrole nitrogens is 1. The highest BCUT2D eigenvalue weighted by Crippen LogP contribution is 2.55. The Morgan fingerprint density at radius 2 is 2.42 bits per heavy atom. The number of hydrogen-bond donors (Lipinski definition) is 1. The highest BCUT2D eigenvalue weighted by atomic mass is 16.2. The molecule has 1 unspecified atom stereocenters. The molecule has 2 fully saturated rings. The fourth-order valence-electron chi connectivity index (χ4n) is 3.81. The monoisotopic (exact) mass is 326 g/mol. The molecule has 2 aromatic heterocycles. The second-order valence-electron chi connectivity index (χ2n) is 6.59. The molecule has 1 aliphatic carbocycles. The molecule has 1 spiro atoms. The Kier molecular flexibility index (Phi) is 3.31. The van der Waals surface area contributed by atoms with Gasteiger partial charge in [-0.05, 0) is 24.4 Å². The molecule has 24 heavy (non-hydrogen) atoms. The minimum atomic E-state index is -0.113. The van der Waals surface area contributed by atoms with Crippen LogP contribution in [0.1, 0.15) is 12.8 Å². The van der Waals surface area contributed by atoms with Crippen molar-refractivity contribution in [3.05, 3.63) is 29.0 Å². The molecule has 1 atom stereocenters. The van der Waals surface area contributed by atoms with Crippen molar-refractivity contribution < 1.29 is 4.79 Å². The first kappa shape index (κ1) is 14.8. The molecule has 1 N–H and O–H groups in total. The maximum Gasteiger partial charge on any atom is 0.228 e. The first-order valence-corrected chi connectivity index (χ1v) is 7.94. The standard InChI is InChI=1S/C15H18N8O/c1-22(14-10-2-5-17-13(10)18-9-19-14)11-7-23(8-15(11)3-4-15)12(24)6-20-21-16/h2,5,9,11H,3-4,6-8H2,1H3,(H,17,18,19). The summed E-state index contributed by atoms with van der Waals surface area (Å²) >= 11 is 0. The number of amides is 1. The van der Waals surface area contributed by atoms with Crippen molar-refractivity contribution in [2.45, 2.75) is 18.9 Å². The highest BCUT2D eigenvalue weighted by Gasteiger charge is 2.57. The maximum atomic E-state index is 12.2. The zero-order valence-electron chi connectivity index (χ0n) is 13.4. The van der Waals surface area contributed by atoms with Crippen LogP contribution in [0.4, 0.5) is 5.82 Å². The van der Waals surface area contributed by atoms with Crippen LogP contribution in [0.3, 0.4) is 0 Å². The number of aromatic nitrogens is 3. The van der Waals surface area contributed by atoms with Gasteiger partial charge >= 0.3 is 0 Å². The van der Waals surface area contributed by atoms with Gasteiger partial charge in [0.1, 0.15) is 24.3 Å². The largest absolute Gasteiger partial charge is 0.354 e. The Hall–Kier alpha value is -2.80. The third-order valence-electron chi connectivity index (χ3n) is 5.25. The Labute approximate surface area is 138 Å². The lowest BCUT2D eigenvalue weighted by atomic mass is 9.99. The molecule has 1 saturated heterocycles. The van der Waals surface area contributed by atoms with Gasteiger partial charge in [-0.3, -0.25) is 4.79 Å². The van der Waals surface area contributed by atoms with Crippen LogP contribution in [0, 0.1) is 5.41 Å². The predicted octanol–water partition coefficient (Wildman–Crippen LogP) is 1.70. The van der Waals surface area contributed by atoms with Crippen LogP contribution >= 0.6 is 0 Å². The molecule has 9 nitrogen and oxygen atoms in total. The van der Waals surface area contributed by atoms with Crippen molar-refractivity contribution in [3.63, 3.8) is 0 Å². The normalized spacial score (nSPS) is 21.0. The van der Waals surface area contributed by atoms with Crippen LogP contribution in [0.15, 0.2) is 23.7 Å². The molecule has 2 aliphatic rings. The van der Waals surface area contributed by atoms with Gasteiger partial charge in [0, 0.05) is 36.7 Å². The molecule has 1 aliphatic heterocycles. The number of nitrogens with zero attached hydrogens (tertiary/aromatic N) is 7. The number of carbonyl (C=O) groups excluding carboxylic acids is 1. The van der Waals surface area contributed by atoms with Gasteiger partial charge in [-0.15, -0.1) is 0 Å². The fourth-order valence-corrected chi connectivity index (χ4v) is 3.81. The van der Waals surface area contributed by atoms with E-state index < -0.39 is 0 Å². The van der Waals surface area contributed by atoms with Crippen molar-refractivity contribution in [2.24, 2.45) is 10.5 Å². The van der Waals surface area contributed by atoms with E-state index in [0.717, 1.165) is 36.2 Å². The molecule has 9 heteroatoms. The average molecular weight is 326 g/mol. The average Bonchev–Trinajstić information content (AvgIpc) is 3.04. The van der Waals surface area contributed by atoms with E-state index in [1.807, 2.05) is 24.2 Å². The molecule has 0 radical (unpaired) electrons. The molecule has 2 aromatic rings. The fraction of sp³-hybridized carbons (Fsp3) is 0.533. The van der Waals surface area contributed by atoms with Crippen molar-refractivity contribution in [1.29, 1.82) is 0 Å². The molecule has 4 rings (SSSR count). The summed E-state index contributed by atoms with van der Waals surface area (Å²) in [7, 11) is 2.03. The van der Waals surface area contributed by atoms with E-state index >= 15 is 0 Å². The number of anilines is 1. The van der Waals surface area contributed by atoms with E-state index in [1.165, 1.54) is 0 Å². The number of nitrogens with one attached hydrogen (secondary N) is 1. The Morgan fingerprint density at radius 1 is 1.58 bits per heavy atom. The van der Waals surface area contributed by atoms with Gasteiger partial charge in [-0.2, -0.15) is 0 Å². The maximum absolute atomic E-state index is 12.2. The smallest absolute Gasteiger partial charge is 0.228 e. The Bertz CT molecular complexity index is 835. The Balaban J connectivity index is 1.60. The van der Waals surface area contributed by atoms with E-state index in [2.05, 4.69) is 29.9 Å². The summed E-state index contributed by atoms with van der Waals surface area (Å²) in [6.45, 7) is 1.24. The first-order valence-electron chi connectivity index (χ1n) is 7.94. The second-order valence-corrected chi connectivity index (χ2v) is 6.59. The van der Waals surface area contributed by atoms with Crippen molar-refractivity contribution >= 4 is 22.8 Å². The van der Waals surface area contributed by atoms with Crippen molar-refractivity contribution in [1.82, 2.24) is 19.9 Å². The molecule has 0 aromatic carbocycles. The number of likely N-dealkylation sites (N-methyl/N-ethyl adjacent to an activating group) is 1. The number of rotatable bonds is 4. The lowest BCUT2D eigenvalue weighted by Crippen LogP contribution is -2.40. The number of aromatic amines is 1. The summed E-state index contributed by atoms with van der Waals surface area (Å²) in [6.07, 6.45) is 5.63. The van der Waals surface area contributed by atoms with Gasteiger partial charge in [0.15, 0.2) is 0 Å². The van der Waals surface area contributed by atoms with Crippen molar-refractivity contribution in [2.75, 3.05) is 31.6 Å². The number of fused-ring (bicyclic) bond motifs is 1. The van der Waals surface area contributed by atoms with E-state index in [1.54, 1.807) is 6.33 Å². The lowest BCUT2D eigenvalue weighted by molar-refractivity contribution is -0.128. The third kappa shape index (κ3) is 2.25. The zero-order valence-corrected chi connectivity index (χ0v) is 13.4. The van der Waals surface area contributed by atoms with E-state index in [-0.39, 0.29) is 23.9 Å². The number of likely N-dealkylation sites (tertiary alicyclic amines) is 1. The Morgan fingerprint density at radius 3 is 3.17 bits per heavy atom. The lowest BCUT2D eigenvalue weighted by Gasteiger charge is -2.30. The summed E-state index contributed by atoms with van der Waals surface area (Å²) in [5, 5.41) is 4.38. The molecule has 3 heterocycles. The molecule has 124 valence electrons. The van der Waals surface area contributed by atoms with Crippen LogP contribution in [-0.2, 0) is 4.79 Å². The van der Waals surface area contributed by atoms with E-state index in [4.69, 9.17) is 5.53 Å². The van der Waals surface area contributed by atoms with Gasteiger partial charge in [-0.25, -0.2) is 9.97 Å². The van der Waals surface area contributed by atoms with Crippen molar-refractivity contribution in [3.8, 4) is 0 Å². The van der Waals surface area contributed by atoms with E-state index in [0.29, 0.717) is 6.54 Å². The SMILES string of the molecule is CN(c1ncnc2[nH]ccc12)C1CN(C(=O)CN=[N+]=[N-])CC12CC2. The topological polar surface area (TPSA) is 114 Å². The van der Waals surface area contributed by atoms with Crippen LogP contribution in [0.5, 0.6) is 0 Å². The number of carbonyl (C=O) groups is 1. The summed E-state index contributed by atoms with van der Waals surface area (Å²) < 4.78 is 0. The van der Waals surface area contributed by atoms with Gasteiger partial charge in [-0.1, -0.05) is 5.11 Å². The molecule has 1 amide bonds. The summed E-state index contributed by atoms with van der Waals surface area (Å²) in [4.78, 5) is 30.7. The zero-order chi connectivity index (χ0) is 16.7. The minimum absolute atomic E-state index is 0.107. The molecular formula is C15H18N8O. The van der Waals surface area contributed by atoms with Crippen LogP contribution in [0.25, 0.3) is 21.5 Å². The predicted molar refractivity (Wildman–Crippen MR) is 88.3 cm³/mol. The second kappa shape index (κ2) is 5.38. The highest BCUT2D eigenvalue weighted by molar-refractivity contribution is 5.87. The van der Waals surface area contributed by atoms with Gasteiger partial charge < -0.3 is 14.8 Å². The van der Waals surface area contributed by atoms with Gasteiger partial charge in [0.05, 0.1) is 11.4 Å². The molecular weight excluding hydrogens is 308 g/mol. The summed E-state index contributed by atoms with van der Waals surface area (Å²) in [5.74, 6) is 0.770. The summed E-state index contributed by atoms with van der Waals surface area (Å²) in [6, 6.07) is 2.18.